The number of nitrogens with one attached hydrogen (secondary N) is 1. The standard InChI is InChI=1S/C27H31NO3/c1-19(2)15-25(22-13-14-26(30-4)20(3)16-22)28-27(29)23-10-8-9-21(17-23)18-31-24-11-6-5-7-12-24/h5-14,16-17,19,25H,15,18H2,1-4H3,(H,28,29). The normalized spacial score (nSPS) is 11.8. The van der Waals surface area contributed by atoms with Crippen LogP contribution >= 0.6 is 0 Å². The van der Waals surface area contributed by atoms with Crippen molar-refractivity contribution in [1.82, 2.24) is 5.32 Å². The summed E-state index contributed by atoms with van der Waals surface area (Å²) < 4.78 is 11.2. The van der Waals surface area contributed by atoms with Gasteiger partial charge in [0.1, 0.15) is 18.1 Å². The van der Waals surface area contributed by atoms with Crippen LogP contribution in [0.3, 0.4) is 0 Å². The molecule has 4 heteroatoms. The van der Waals surface area contributed by atoms with E-state index in [2.05, 4.69) is 25.2 Å². The van der Waals surface area contributed by atoms with Crippen LogP contribution in [0, 0.1) is 12.8 Å². The van der Waals surface area contributed by atoms with Crippen molar-refractivity contribution < 1.29 is 14.3 Å². The minimum Gasteiger partial charge on any atom is -0.496 e. The van der Waals surface area contributed by atoms with Gasteiger partial charge in [-0.1, -0.05) is 56.3 Å². The minimum absolute atomic E-state index is 0.0682. The van der Waals surface area contributed by atoms with E-state index >= 15 is 0 Å². The Labute approximate surface area is 185 Å². The molecule has 1 N–H and O–H groups in total. The lowest BCUT2D eigenvalue weighted by Gasteiger charge is -2.22. The molecule has 0 saturated carbocycles. The molecule has 0 saturated heterocycles. The molecule has 3 aromatic carbocycles. The van der Waals surface area contributed by atoms with Crippen LogP contribution in [0.5, 0.6) is 11.5 Å². The molecular weight excluding hydrogens is 386 g/mol. The third-order valence-electron chi connectivity index (χ3n) is 5.17. The number of carbonyl (C=O) groups excluding carboxylic acids is 1. The van der Waals surface area contributed by atoms with Gasteiger partial charge in [-0.25, -0.2) is 0 Å². The van der Waals surface area contributed by atoms with E-state index in [4.69, 9.17) is 9.47 Å². The zero-order valence-electron chi connectivity index (χ0n) is 18.7. The van der Waals surface area contributed by atoms with E-state index in [0.29, 0.717) is 18.1 Å². The molecule has 0 spiro atoms. The first-order valence-corrected chi connectivity index (χ1v) is 10.7. The molecule has 0 aliphatic heterocycles. The molecule has 0 aliphatic carbocycles. The first-order chi connectivity index (χ1) is 15.0. The van der Waals surface area contributed by atoms with Gasteiger partial charge in [-0.3, -0.25) is 4.79 Å². The first kappa shape index (κ1) is 22.4. The molecule has 3 aromatic rings. The van der Waals surface area contributed by atoms with E-state index in [0.717, 1.165) is 34.6 Å². The Bertz CT molecular complexity index is 998. The SMILES string of the molecule is COc1ccc(C(CC(C)C)NC(=O)c2cccc(COc3ccccc3)c2)cc1C. The zero-order chi connectivity index (χ0) is 22.2. The largest absolute Gasteiger partial charge is 0.496 e. The van der Waals surface area contributed by atoms with Crippen LogP contribution in [0.1, 0.15) is 53.4 Å². The van der Waals surface area contributed by atoms with Gasteiger partial charge in [0.15, 0.2) is 0 Å². The number of carbonyl (C=O) groups is 1. The summed E-state index contributed by atoms with van der Waals surface area (Å²) in [7, 11) is 1.67. The molecule has 0 aliphatic rings. The number of hydrogen-bond donors (Lipinski definition) is 1. The predicted octanol–water partition coefficient (Wildman–Crippen LogP) is 6.10. The summed E-state index contributed by atoms with van der Waals surface area (Å²) in [5, 5.41) is 3.23. The Morgan fingerprint density at radius 3 is 2.42 bits per heavy atom. The summed E-state index contributed by atoms with van der Waals surface area (Å²) in [5.74, 6) is 2.02. The molecule has 0 radical (unpaired) electrons. The van der Waals surface area contributed by atoms with Crippen LogP contribution in [0.2, 0.25) is 0 Å². The average Bonchev–Trinajstić information content (AvgIpc) is 2.77. The van der Waals surface area contributed by atoms with Gasteiger partial charge < -0.3 is 14.8 Å². The number of rotatable bonds is 9. The topological polar surface area (TPSA) is 47.6 Å². The van der Waals surface area contributed by atoms with Gasteiger partial charge in [0.05, 0.1) is 13.2 Å². The second-order valence-electron chi connectivity index (χ2n) is 8.19. The number of benzene rings is 3. The summed E-state index contributed by atoms with van der Waals surface area (Å²) in [6, 6.07) is 23.3. The second-order valence-corrected chi connectivity index (χ2v) is 8.19. The van der Waals surface area contributed by atoms with Gasteiger partial charge in [0, 0.05) is 5.56 Å². The first-order valence-electron chi connectivity index (χ1n) is 10.7. The maximum Gasteiger partial charge on any atom is 0.251 e. The highest BCUT2D eigenvalue weighted by Gasteiger charge is 2.18. The number of aryl methyl sites for hydroxylation is 1. The van der Waals surface area contributed by atoms with E-state index in [1.54, 1.807) is 7.11 Å². The van der Waals surface area contributed by atoms with Gasteiger partial charge in [-0.2, -0.15) is 0 Å². The summed E-state index contributed by atoms with van der Waals surface area (Å²) in [4.78, 5) is 13.1. The van der Waals surface area contributed by atoms with E-state index in [-0.39, 0.29) is 11.9 Å². The van der Waals surface area contributed by atoms with Gasteiger partial charge in [-0.15, -0.1) is 0 Å². The molecule has 1 amide bonds. The van der Waals surface area contributed by atoms with Crippen molar-refractivity contribution in [3.8, 4) is 11.5 Å². The van der Waals surface area contributed by atoms with Crippen LogP contribution in [0.4, 0.5) is 0 Å². The number of methoxy groups -OCH3 is 1. The van der Waals surface area contributed by atoms with Crippen LogP contribution < -0.4 is 14.8 Å². The lowest BCUT2D eigenvalue weighted by molar-refractivity contribution is 0.0931. The Morgan fingerprint density at radius 1 is 0.968 bits per heavy atom. The fraction of sp³-hybridized carbons (Fsp3) is 0.296. The molecular formula is C27H31NO3. The fourth-order valence-electron chi connectivity index (χ4n) is 3.60. The smallest absolute Gasteiger partial charge is 0.251 e. The highest BCUT2D eigenvalue weighted by Crippen LogP contribution is 2.27. The molecule has 31 heavy (non-hydrogen) atoms. The molecule has 0 fully saturated rings. The monoisotopic (exact) mass is 417 g/mol. The summed E-state index contributed by atoms with van der Waals surface area (Å²) in [5.41, 5.74) is 3.73. The third-order valence-corrected chi connectivity index (χ3v) is 5.17. The Balaban J connectivity index is 1.73. The maximum absolute atomic E-state index is 13.1. The summed E-state index contributed by atoms with van der Waals surface area (Å²) >= 11 is 0. The highest BCUT2D eigenvalue weighted by molar-refractivity contribution is 5.94. The van der Waals surface area contributed by atoms with E-state index in [1.165, 1.54) is 0 Å². The highest BCUT2D eigenvalue weighted by atomic mass is 16.5. The molecule has 4 nitrogen and oxygen atoms in total. The van der Waals surface area contributed by atoms with E-state index in [1.807, 2.05) is 73.7 Å². The number of hydrogen-bond acceptors (Lipinski definition) is 3. The maximum atomic E-state index is 13.1. The average molecular weight is 418 g/mol. The van der Waals surface area contributed by atoms with Crippen molar-refractivity contribution in [3.05, 3.63) is 95.1 Å². The molecule has 1 unspecified atom stereocenters. The lowest BCUT2D eigenvalue weighted by atomic mass is 9.95. The van der Waals surface area contributed by atoms with Crippen molar-refractivity contribution in [2.45, 2.75) is 39.8 Å². The lowest BCUT2D eigenvalue weighted by Crippen LogP contribution is -2.29. The van der Waals surface area contributed by atoms with Crippen LogP contribution in [-0.4, -0.2) is 13.0 Å². The Morgan fingerprint density at radius 2 is 1.74 bits per heavy atom. The second kappa shape index (κ2) is 10.7. The van der Waals surface area contributed by atoms with Gasteiger partial charge in [0.2, 0.25) is 0 Å². The van der Waals surface area contributed by atoms with Crippen molar-refractivity contribution in [3.63, 3.8) is 0 Å². The van der Waals surface area contributed by atoms with Crippen LogP contribution in [0.15, 0.2) is 72.8 Å². The molecule has 3 rings (SSSR count). The van der Waals surface area contributed by atoms with Gasteiger partial charge in [-0.05, 0) is 66.3 Å². The fourth-order valence-corrected chi connectivity index (χ4v) is 3.60. The molecule has 0 bridgehead atoms. The minimum atomic E-state index is -0.0827. The van der Waals surface area contributed by atoms with Gasteiger partial charge in [0.25, 0.3) is 5.91 Å². The third kappa shape index (κ3) is 6.35. The number of amides is 1. The number of ether oxygens (including phenoxy) is 2. The number of para-hydroxylation sites is 1. The van der Waals surface area contributed by atoms with Crippen LogP contribution in [0.25, 0.3) is 0 Å². The summed E-state index contributed by atoms with van der Waals surface area (Å²) in [6.45, 7) is 6.76. The Kier molecular flexibility index (Phi) is 7.71. The van der Waals surface area contributed by atoms with Crippen LogP contribution in [-0.2, 0) is 6.61 Å². The summed E-state index contributed by atoms with van der Waals surface area (Å²) in [6.07, 6.45) is 0.855. The van der Waals surface area contributed by atoms with Crippen molar-refractivity contribution in [2.24, 2.45) is 5.92 Å². The van der Waals surface area contributed by atoms with Crippen molar-refractivity contribution in [1.29, 1.82) is 0 Å². The predicted molar refractivity (Wildman–Crippen MR) is 125 cm³/mol. The molecule has 162 valence electrons. The van der Waals surface area contributed by atoms with Crippen molar-refractivity contribution in [2.75, 3.05) is 7.11 Å². The quantitative estimate of drug-likeness (QED) is 0.458. The van der Waals surface area contributed by atoms with E-state index in [9.17, 15) is 4.79 Å². The van der Waals surface area contributed by atoms with Crippen molar-refractivity contribution >= 4 is 5.91 Å². The zero-order valence-corrected chi connectivity index (χ0v) is 18.7. The van der Waals surface area contributed by atoms with Gasteiger partial charge >= 0.3 is 0 Å². The molecule has 1 atom stereocenters. The van der Waals surface area contributed by atoms with E-state index < -0.39 is 0 Å². The molecule has 0 heterocycles. The molecule has 0 aromatic heterocycles. The Hall–Kier alpha value is -3.27.